The van der Waals surface area contributed by atoms with E-state index in [9.17, 15) is 4.79 Å². The van der Waals surface area contributed by atoms with Gasteiger partial charge in [-0.05, 0) is 18.2 Å². The number of hydrogen-bond donors (Lipinski definition) is 1. The van der Waals surface area contributed by atoms with Crippen LogP contribution in [0.2, 0.25) is 10.0 Å². The van der Waals surface area contributed by atoms with Crippen molar-refractivity contribution in [3.05, 3.63) is 46.1 Å². The van der Waals surface area contributed by atoms with Crippen LogP contribution in [0.4, 0.5) is 5.69 Å². The lowest BCUT2D eigenvalue weighted by Gasteiger charge is -2.11. The molecular weight excluding hydrogens is 303 g/mol. The highest BCUT2D eigenvalue weighted by Crippen LogP contribution is 2.35. The van der Waals surface area contributed by atoms with Gasteiger partial charge in [-0.1, -0.05) is 29.3 Å². The van der Waals surface area contributed by atoms with E-state index >= 15 is 0 Å². The van der Waals surface area contributed by atoms with E-state index < -0.39 is 5.97 Å². The summed E-state index contributed by atoms with van der Waals surface area (Å²) in [6.45, 7) is 0. The second-order valence-corrected chi connectivity index (χ2v) is 4.55. The number of methoxy groups -OCH3 is 1. The van der Waals surface area contributed by atoms with Crippen molar-refractivity contribution in [1.82, 2.24) is 4.98 Å². The number of anilines is 1. The molecule has 5 nitrogen and oxygen atoms in total. The number of hydrogen-bond acceptors (Lipinski definition) is 5. The lowest BCUT2D eigenvalue weighted by Crippen LogP contribution is -2.06. The Bertz CT molecular complexity index is 662. The SMILES string of the molecule is COC(=O)c1cc(N)cnc1Oc1cccc(Cl)c1Cl. The van der Waals surface area contributed by atoms with Gasteiger partial charge >= 0.3 is 5.97 Å². The minimum absolute atomic E-state index is 0.0372. The number of ether oxygens (including phenoxy) is 2. The zero-order chi connectivity index (χ0) is 14.7. The maximum Gasteiger partial charge on any atom is 0.343 e. The molecule has 2 N–H and O–H groups in total. The third-order valence-corrected chi connectivity index (χ3v) is 3.20. The van der Waals surface area contributed by atoms with E-state index in [1.807, 2.05) is 0 Å². The predicted octanol–water partition coefficient (Wildman–Crippen LogP) is 3.55. The Balaban J connectivity index is 2.43. The topological polar surface area (TPSA) is 74.4 Å². The number of nitrogens with two attached hydrogens (primary N) is 1. The summed E-state index contributed by atoms with van der Waals surface area (Å²) in [5.41, 5.74) is 6.01. The molecule has 104 valence electrons. The van der Waals surface area contributed by atoms with Crippen LogP contribution in [-0.2, 0) is 4.74 Å². The molecule has 0 radical (unpaired) electrons. The van der Waals surface area contributed by atoms with E-state index in [2.05, 4.69) is 9.72 Å². The number of halogens is 2. The van der Waals surface area contributed by atoms with E-state index in [0.29, 0.717) is 10.7 Å². The fraction of sp³-hybridized carbons (Fsp3) is 0.0769. The summed E-state index contributed by atoms with van der Waals surface area (Å²) in [5.74, 6) is -0.297. The summed E-state index contributed by atoms with van der Waals surface area (Å²) in [6.07, 6.45) is 1.36. The Morgan fingerprint density at radius 1 is 1.35 bits per heavy atom. The van der Waals surface area contributed by atoms with Gasteiger partial charge in [0.05, 0.1) is 24.0 Å². The number of esters is 1. The van der Waals surface area contributed by atoms with Gasteiger partial charge in [0.15, 0.2) is 0 Å². The van der Waals surface area contributed by atoms with Crippen molar-refractivity contribution in [3.63, 3.8) is 0 Å². The van der Waals surface area contributed by atoms with E-state index in [0.717, 1.165) is 0 Å². The number of carbonyl (C=O) groups is 1. The van der Waals surface area contributed by atoms with Gasteiger partial charge in [-0.3, -0.25) is 0 Å². The average molecular weight is 313 g/mol. The van der Waals surface area contributed by atoms with Gasteiger partial charge in [0.25, 0.3) is 0 Å². The third kappa shape index (κ3) is 2.95. The first-order valence-electron chi connectivity index (χ1n) is 5.48. The summed E-state index contributed by atoms with van der Waals surface area (Å²) >= 11 is 11.9. The van der Waals surface area contributed by atoms with Crippen LogP contribution < -0.4 is 10.5 Å². The molecule has 0 aliphatic carbocycles. The number of aromatic nitrogens is 1. The highest BCUT2D eigenvalue weighted by atomic mass is 35.5. The predicted molar refractivity (Wildman–Crippen MR) is 76.5 cm³/mol. The van der Waals surface area contributed by atoms with Gasteiger partial charge in [0.1, 0.15) is 16.3 Å². The normalized spacial score (nSPS) is 10.2. The molecule has 0 atom stereocenters. The maximum absolute atomic E-state index is 11.7. The first-order chi connectivity index (χ1) is 9.52. The van der Waals surface area contributed by atoms with E-state index in [-0.39, 0.29) is 22.2 Å². The van der Waals surface area contributed by atoms with Gasteiger partial charge < -0.3 is 15.2 Å². The Morgan fingerprint density at radius 3 is 2.80 bits per heavy atom. The molecule has 0 aliphatic rings. The molecule has 1 aromatic heterocycles. The monoisotopic (exact) mass is 312 g/mol. The molecule has 1 aromatic carbocycles. The van der Waals surface area contributed by atoms with Crippen molar-refractivity contribution in [2.75, 3.05) is 12.8 Å². The summed E-state index contributed by atoms with van der Waals surface area (Å²) in [5, 5.41) is 0.558. The number of benzene rings is 1. The fourth-order valence-electron chi connectivity index (χ4n) is 1.47. The van der Waals surface area contributed by atoms with Crippen molar-refractivity contribution in [2.45, 2.75) is 0 Å². The second-order valence-electron chi connectivity index (χ2n) is 3.77. The number of pyridine rings is 1. The van der Waals surface area contributed by atoms with Crippen LogP contribution in [0.3, 0.4) is 0 Å². The average Bonchev–Trinajstić information content (AvgIpc) is 2.44. The highest BCUT2D eigenvalue weighted by Gasteiger charge is 2.17. The Labute approximate surface area is 125 Å². The smallest absolute Gasteiger partial charge is 0.343 e. The van der Waals surface area contributed by atoms with Crippen molar-refractivity contribution in [2.24, 2.45) is 0 Å². The quantitative estimate of drug-likeness (QED) is 0.877. The van der Waals surface area contributed by atoms with Crippen LogP contribution in [0.15, 0.2) is 30.5 Å². The van der Waals surface area contributed by atoms with Crippen molar-refractivity contribution >= 4 is 34.9 Å². The summed E-state index contributed by atoms with van der Waals surface area (Å²) < 4.78 is 10.2. The van der Waals surface area contributed by atoms with Gasteiger partial charge in [0, 0.05) is 0 Å². The number of carbonyl (C=O) groups excluding carboxylic acids is 1. The van der Waals surface area contributed by atoms with Crippen molar-refractivity contribution < 1.29 is 14.3 Å². The molecule has 0 aliphatic heterocycles. The van der Waals surface area contributed by atoms with E-state index in [4.69, 9.17) is 33.7 Å². The lowest BCUT2D eigenvalue weighted by atomic mass is 10.2. The first kappa shape index (κ1) is 14.4. The molecule has 2 aromatic rings. The highest BCUT2D eigenvalue weighted by molar-refractivity contribution is 6.42. The zero-order valence-electron chi connectivity index (χ0n) is 10.4. The first-order valence-corrected chi connectivity index (χ1v) is 6.24. The third-order valence-electron chi connectivity index (χ3n) is 2.40. The van der Waals surface area contributed by atoms with Crippen LogP contribution in [-0.4, -0.2) is 18.1 Å². The maximum atomic E-state index is 11.7. The molecule has 1 heterocycles. The van der Waals surface area contributed by atoms with Crippen LogP contribution >= 0.6 is 23.2 Å². The second kappa shape index (κ2) is 5.98. The summed E-state index contributed by atoms with van der Waals surface area (Å²) in [4.78, 5) is 15.6. The Morgan fingerprint density at radius 2 is 2.10 bits per heavy atom. The minimum Gasteiger partial charge on any atom is -0.465 e. The summed E-state index contributed by atoms with van der Waals surface area (Å²) in [7, 11) is 1.25. The zero-order valence-corrected chi connectivity index (χ0v) is 11.9. The van der Waals surface area contributed by atoms with Gasteiger partial charge in [0.2, 0.25) is 5.88 Å². The Hall–Kier alpha value is -1.98. The van der Waals surface area contributed by atoms with Gasteiger partial charge in [-0.2, -0.15) is 0 Å². The molecule has 0 bridgehead atoms. The molecule has 0 amide bonds. The van der Waals surface area contributed by atoms with Crippen molar-refractivity contribution in [3.8, 4) is 11.6 Å². The van der Waals surface area contributed by atoms with E-state index in [1.54, 1.807) is 18.2 Å². The number of nitrogens with zero attached hydrogens (tertiary/aromatic N) is 1. The lowest BCUT2D eigenvalue weighted by molar-refractivity contribution is 0.0597. The van der Waals surface area contributed by atoms with Crippen LogP contribution in [0.25, 0.3) is 0 Å². The fourth-order valence-corrected chi connectivity index (χ4v) is 1.80. The molecule has 0 spiro atoms. The molecule has 0 saturated heterocycles. The molecule has 0 fully saturated rings. The largest absolute Gasteiger partial charge is 0.465 e. The summed E-state index contributed by atoms with van der Waals surface area (Å²) in [6, 6.07) is 6.30. The Kier molecular flexibility index (Phi) is 4.32. The van der Waals surface area contributed by atoms with Crippen LogP contribution in [0, 0.1) is 0 Å². The molecule has 0 saturated carbocycles. The molecule has 2 rings (SSSR count). The van der Waals surface area contributed by atoms with Crippen LogP contribution in [0.1, 0.15) is 10.4 Å². The number of rotatable bonds is 3. The molecule has 20 heavy (non-hydrogen) atoms. The van der Waals surface area contributed by atoms with Crippen LogP contribution in [0.5, 0.6) is 11.6 Å². The van der Waals surface area contributed by atoms with Gasteiger partial charge in [-0.25, -0.2) is 9.78 Å². The number of nitrogen functional groups attached to an aromatic ring is 1. The standard InChI is InChI=1S/C13H10Cl2N2O3/c1-19-13(18)8-5-7(16)6-17-12(8)20-10-4-2-3-9(14)11(10)15/h2-6H,16H2,1H3. The van der Waals surface area contributed by atoms with Gasteiger partial charge in [-0.15, -0.1) is 0 Å². The minimum atomic E-state index is -0.613. The molecular formula is C13H10Cl2N2O3. The van der Waals surface area contributed by atoms with Crippen molar-refractivity contribution in [1.29, 1.82) is 0 Å². The molecule has 7 heteroatoms. The van der Waals surface area contributed by atoms with E-state index in [1.165, 1.54) is 19.4 Å². The molecule has 0 unspecified atom stereocenters.